The van der Waals surface area contributed by atoms with Crippen molar-refractivity contribution in [3.05, 3.63) is 187 Å². The molecule has 0 radical (unpaired) electrons. The van der Waals surface area contributed by atoms with E-state index in [9.17, 15) is 65.4 Å². The van der Waals surface area contributed by atoms with Crippen LogP contribution in [0.4, 0.5) is 0 Å². The molecule has 18 atom stereocenters. The molecule has 6 unspecified atom stereocenters. The summed E-state index contributed by atoms with van der Waals surface area (Å²) in [6, 6.07) is 34.4. The van der Waals surface area contributed by atoms with E-state index in [2.05, 4.69) is 131 Å². The van der Waals surface area contributed by atoms with Crippen molar-refractivity contribution < 1.29 is 93.7 Å². The predicted octanol–water partition coefficient (Wildman–Crippen LogP) is 6.86. The number of aliphatic hydroxyl groups is 10. The van der Waals surface area contributed by atoms with E-state index >= 15 is 0 Å². The Bertz CT molecular complexity index is 3900. The summed E-state index contributed by atoms with van der Waals surface area (Å²) in [7, 11) is -0.298. The largest absolute Gasteiger partial charge is 0.495 e. The quantitative estimate of drug-likeness (QED) is 0.0414. The van der Waals surface area contributed by atoms with Crippen LogP contribution in [0.5, 0.6) is 0 Å². The molecule has 7 aliphatic heterocycles. The molecule has 13 N–H and O–H groups in total. The van der Waals surface area contributed by atoms with Gasteiger partial charge in [0.05, 0.1) is 30.5 Å². The van der Waals surface area contributed by atoms with E-state index in [-0.39, 0.29) is 66.3 Å². The lowest BCUT2D eigenvalue weighted by Gasteiger charge is -2.46. The van der Waals surface area contributed by atoms with Crippen molar-refractivity contribution in [1.82, 2.24) is 16.0 Å². The van der Waals surface area contributed by atoms with Gasteiger partial charge < -0.3 is 95.3 Å². The lowest BCUT2D eigenvalue weighted by Crippen LogP contribution is -2.59. The maximum atomic E-state index is 11.9. The standard InChI is InChI=1S/2C22H25NO7.C20H29BrO3.C15H20BNO2/c2*1-10-7-11(13-3-2-4-14-15(13)8-23-22(14)29)5-6-12(10)17(25)21-20(28)19(27)18(26)16(9-24)30-21;1-7-18-12(3)13(4)19(23-15(6)22)20(24-18)14(5)17-9-8-16(21)10-11(17)2;1-10-11-7-6-8-13(12(11)9-17-10)16-18-14(2,3)15(4,5)19-16/h2*2-7,16-21,24-28H,8-9H2,1H3,(H,23,29);8-10,12-14,18-20H,7H2,1-6H3;6-8,17H,1,9H2,2-5H3/t2*16?,17-,18-,19+,20?,21-;12-,13-,14+,18?,19?,20+;/m110./s1. The maximum absolute atomic E-state index is 11.9. The molecule has 6 aromatic rings. The summed E-state index contributed by atoms with van der Waals surface area (Å²) >= 11 is 3.52. The molecule has 554 valence electrons. The number of aryl methyl sites for hydroxylation is 3. The molecule has 13 rings (SSSR count). The third-order valence-electron chi connectivity index (χ3n) is 22.0. The zero-order valence-electron chi connectivity index (χ0n) is 60.3. The van der Waals surface area contributed by atoms with Crippen LogP contribution in [0.2, 0.25) is 0 Å². The predicted molar refractivity (Wildman–Crippen MR) is 391 cm³/mol. The molecule has 0 saturated carbocycles. The van der Waals surface area contributed by atoms with Gasteiger partial charge in [0, 0.05) is 65.3 Å². The van der Waals surface area contributed by atoms with E-state index in [0.717, 1.165) is 73.1 Å². The number of carbonyl (C=O) groups is 3. The average Bonchev–Trinajstić information content (AvgIpc) is 1.73. The van der Waals surface area contributed by atoms with Gasteiger partial charge in [-0.2, -0.15) is 0 Å². The van der Waals surface area contributed by atoms with E-state index in [4.69, 9.17) is 28.3 Å². The smallest absolute Gasteiger partial charge is 0.459 e. The van der Waals surface area contributed by atoms with Crippen LogP contribution in [0.1, 0.15) is 163 Å². The highest BCUT2D eigenvalue weighted by Crippen LogP contribution is 2.43. The molecule has 24 heteroatoms. The summed E-state index contributed by atoms with van der Waals surface area (Å²) in [6.45, 7) is 28.8. The highest BCUT2D eigenvalue weighted by molar-refractivity contribution is 9.10. The second-order valence-corrected chi connectivity index (χ2v) is 30.0. The first kappa shape index (κ1) is 78.8. The van der Waals surface area contributed by atoms with Gasteiger partial charge in [0.1, 0.15) is 85.5 Å². The number of carbonyl (C=O) groups excluding carboxylic acids is 3. The van der Waals surface area contributed by atoms with Crippen LogP contribution in [0, 0.1) is 32.6 Å². The monoisotopic (exact) mass is 1480 g/mol. The van der Waals surface area contributed by atoms with Crippen LogP contribution in [0.25, 0.3) is 28.0 Å². The molecule has 0 aliphatic carbocycles. The van der Waals surface area contributed by atoms with Crippen LogP contribution < -0.4 is 21.4 Å². The van der Waals surface area contributed by atoms with Crippen molar-refractivity contribution in [3.8, 4) is 22.3 Å². The van der Waals surface area contributed by atoms with Gasteiger partial charge in [0.25, 0.3) is 11.8 Å². The SMILES string of the molecule is C=C1NCc2c(B3OC(C)(C)C(C)(C)O3)cccc21.CCC1O[C@H]([C@H](C)c2ccc(Br)cc2C)C(OC(C)=O)[C@@H](C)[C@@H]1C.Cc1cc(-c2cccc3c2CNC3=O)ccc1[C@@H](O)[C@H]1OC(CO)[C@@H](O)[C@H](O)C1O.Cc1cc(-c2cccc3c2CNC3=O)ccc1[C@@H](O)[C@H]1OC(CO)[C@@H](O)[C@H](O)C1O. The zero-order chi connectivity index (χ0) is 75.0. The minimum absolute atomic E-state index is 0.0989. The van der Waals surface area contributed by atoms with Gasteiger partial charge in [0.15, 0.2) is 0 Å². The molecule has 0 aromatic heterocycles. The number of aliphatic hydroxyl groups excluding tert-OH is 10. The number of fused-ring (bicyclic) bond motifs is 3. The third kappa shape index (κ3) is 16.2. The molecule has 2 amide bonds. The Morgan fingerprint density at radius 1 is 0.573 bits per heavy atom. The number of amides is 2. The van der Waals surface area contributed by atoms with Gasteiger partial charge in [-0.1, -0.05) is 135 Å². The van der Waals surface area contributed by atoms with Crippen LogP contribution >= 0.6 is 15.9 Å². The minimum atomic E-state index is -1.55. The molecule has 6 aromatic carbocycles. The van der Waals surface area contributed by atoms with Crippen LogP contribution in [-0.2, 0) is 52.7 Å². The number of hydrogen-bond acceptors (Lipinski definition) is 20. The van der Waals surface area contributed by atoms with E-state index in [0.29, 0.717) is 41.3 Å². The number of nitrogens with one attached hydrogen (secondary N) is 3. The van der Waals surface area contributed by atoms with Crippen LogP contribution in [-0.4, -0.2) is 180 Å². The van der Waals surface area contributed by atoms with Crippen molar-refractivity contribution >= 4 is 52.0 Å². The molecule has 4 saturated heterocycles. The third-order valence-corrected chi connectivity index (χ3v) is 22.5. The molecule has 0 bridgehead atoms. The summed E-state index contributed by atoms with van der Waals surface area (Å²) in [5.74, 6) is 0.370. The second kappa shape index (κ2) is 32.5. The highest BCUT2D eigenvalue weighted by Gasteiger charge is 2.53. The molecule has 4 fully saturated rings. The van der Waals surface area contributed by atoms with E-state index in [1.807, 2.05) is 54.6 Å². The van der Waals surface area contributed by atoms with E-state index in [1.165, 1.54) is 29.2 Å². The number of benzene rings is 6. The molecule has 7 heterocycles. The summed E-state index contributed by atoms with van der Waals surface area (Å²) in [6.07, 6.45) is -15.4. The average molecular weight is 1490 g/mol. The van der Waals surface area contributed by atoms with Crippen molar-refractivity contribution in [3.63, 3.8) is 0 Å². The summed E-state index contributed by atoms with van der Waals surface area (Å²) in [5.41, 5.74) is 15.6. The lowest BCUT2D eigenvalue weighted by atomic mass is 9.75. The Labute approximate surface area is 610 Å². The topological polar surface area (TPSA) is 345 Å². The maximum Gasteiger partial charge on any atom is 0.495 e. The highest BCUT2D eigenvalue weighted by atomic mass is 79.9. The Morgan fingerprint density at radius 3 is 1.45 bits per heavy atom. The van der Waals surface area contributed by atoms with Gasteiger partial charge >= 0.3 is 13.1 Å². The number of rotatable bonds is 13. The number of hydrogen-bond donors (Lipinski definition) is 13. The Balaban J connectivity index is 0.000000150. The number of ether oxygens (including phenoxy) is 4. The van der Waals surface area contributed by atoms with Gasteiger partial charge in [-0.15, -0.1) is 0 Å². The number of esters is 1. The van der Waals surface area contributed by atoms with Gasteiger partial charge in [-0.3, -0.25) is 14.4 Å². The molecule has 7 aliphatic rings. The first-order chi connectivity index (χ1) is 48.7. The van der Waals surface area contributed by atoms with Crippen molar-refractivity contribution in [1.29, 1.82) is 0 Å². The first-order valence-corrected chi connectivity index (χ1v) is 36.0. The number of halogens is 1. The fraction of sp³-hybridized carbons (Fsp3) is 0.481. The van der Waals surface area contributed by atoms with Gasteiger partial charge in [-0.25, -0.2) is 0 Å². The van der Waals surface area contributed by atoms with Gasteiger partial charge in [0.2, 0.25) is 0 Å². The van der Waals surface area contributed by atoms with Crippen molar-refractivity contribution in [2.75, 3.05) is 13.2 Å². The van der Waals surface area contributed by atoms with Crippen molar-refractivity contribution in [2.45, 2.75) is 218 Å². The van der Waals surface area contributed by atoms with Crippen LogP contribution in [0.15, 0.2) is 120 Å². The normalized spacial score (nSPS) is 28.8. The summed E-state index contributed by atoms with van der Waals surface area (Å²) < 4.78 is 36.5. The van der Waals surface area contributed by atoms with E-state index < -0.39 is 86.5 Å². The Morgan fingerprint density at radius 2 is 1.00 bits per heavy atom. The van der Waals surface area contributed by atoms with Crippen LogP contribution in [0.3, 0.4) is 0 Å². The molecular formula is C79H99BBrN3O19. The lowest BCUT2D eigenvalue weighted by molar-refractivity contribution is -0.250. The van der Waals surface area contributed by atoms with E-state index in [1.54, 1.807) is 38.1 Å². The molecule has 22 nitrogen and oxygen atoms in total. The molecular weight excluding hydrogens is 1390 g/mol. The Kier molecular flexibility index (Phi) is 24.9. The first-order valence-electron chi connectivity index (χ1n) is 35.2. The molecule has 103 heavy (non-hydrogen) atoms. The Hall–Kier alpha value is -6.79. The van der Waals surface area contributed by atoms with Gasteiger partial charge in [-0.05, 0) is 163 Å². The second-order valence-electron chi connectivity index (χ2n) is 29.1. The summed E-state index contributed by atoms with van der Waals surface area (Å²) in [4.78, 5) is 35.5. The fourth-order valence-electron chi connectivity index (χ4n) is 15.0. The summed E-state index contributed by atoms with van der Waals surface area (Å²) in [5, 5.41) is 110. The zero-order valence-corrected chi connectivity index (χ0v) is 61.9. The fourth-order valence-corrected chi connectivity index (χ4v) is 15.5. The van der Waals surface area contributed by atoms with Crippen molar-refractivity contribution in [2.24, 2.45) is 11.8 Å². The minimum Gasteiger partial charge on any atom is -0.459 e. The molecule has 0 spiro atoms.